The van der Waals surface area contributed by atoms with Gasteiger partial charge in [0.1, 0.15) is 0 Å². The minimum Gasteiger partial charge on any atom is -0.379 e. The molecule has 0 spiro atoms. The van der Waals surface area contributed by atoms with Gasteiger partial charge in [0.05, 0.1) is 13.2 Å². The minimum absolute atomic E-state index is 0.285. The number of hydrogen-bond acceptors (Lipinski definition) is 4. The lowest BCUT2D eigenvalue weighted by Crippen LogP contribution is -2.57. The summed E-state index contributed by atoms with van der Waals surface area (Å²) in [6, 6.07) is 0.729. The molecule has 3 rings (SSSR count). The quantitative estimate of drug-likeness (QED) is 0.858. The van der Waals surface area contributed by atoms with Gasteiger partial charge in [-0.2, -0.15) is 0 Å². The highest BCUT2D eigenvalue weighted by molar-refractivity contribution is 5.01. The van der Waals surface area contributed by atoms with E-state index in [1.165, 1.54) is 38.8 Å². The second-order valence-corrected chi connectivity index (χ2v) is 7.66. The second-order valence-electron chi connectivity index (χ2n) is 7.66. The van der Waals surface area contributed by atoms with Gasteiger partial charge in [-0.1, -0.05) is 13.8 Å². The van der Waals surface area contributed by atoms with Crippen molar-refractivity contribution in [2.75, 3.05) is 45.9 Å². The smallest absolute Gasteiger partial charge is 0.0594 e. The Morgan fingerprint density at radius 1 is 1.10 bits per heavy atom. The molecule has 0 amide bonds. The van der Waals surface area contributed by atoms with Crippen molar-refractivity contribution >= 4 is 0 Å². The fraction of sp³-hybridized carbons (Fsp3) is 1.00. The largest absolute Gasteiger partial charge is 0.379 e. The van der Waals surface area contributed by atoms with Crippen LogP contribution in [0.1, 0.15) is 39.5 Å². The lowest BCUT2D eigenvalue weighted by Gasteiger charge is -2.48. The van der Waals surface area contributed by atoms with Gasteiger partial charge >= 0.3 is 0 Å². The van der Waals surface area contributed by atoms with Crippen LogP contribution in [0.5, 0.6) is 0 Å². The van der Waals surface area contributed by atoms with E-state index in [0.717, 1.165) is 50.7 Å². The van der Waals surface area contributed by atoms with E-state index in [9.17, 15) is 0 Å². The maximum atomic E-state index is 6.27. The summed E-state index contributed by atoms with van der Waals surface area (Å²) in [7, 11) is 0. The molecule has 0 aromatic rings. The van der Waals surface area contributed by atoms with Crippen molar-refractivity contribution in [3.63, 3.8) is 0 Å². The van der Waals surface area contributed by atoms with E-state index in [1.54, 1.807) is 0 Å². The molecular weight excluding hydrogens is 262 g/mol. The Labute approximate surface area is 130 Å². The van der Waals surface area contributed by atoms with Crippen LogP contribution in [0.25, 0.3) is 0 Å². The number of hydrogen-bond donors (Lipinski definition) is 1. The van der Waals surface area contributed by atoms with Gasteiger partial charge in [-0.3, -0.25) is 9.80 Å². The van der Waals surface area contributed by atoms with Crippen LogP contribution >= 0.6 is 0 Å². The third kappa shape index (κ3) is 3.14. The molecule has 2 heterocycles. The Balaban J connectivity index is 1.63. The van der Waals surface area contributed by atoms with E-state index in [1.807, 2.05) is 0 Å². The third-order valence-electron chi connectivity index (χ3n) is 6.51. The van der Waals surface area contributed by atoms with Gasteiger partial charge in [0.25, 0.3) is 0 Å². The van der Waals surface area contributed by atoms with Gasteiger partial charge in [0, 0.05) is 44.3 Å². The first-order valence-corrected chi connectivity index (χ1v) is 8.91. The molecule has 3 aliphatic rings. The van der Waals surface area contributed by atoms with Crippen molar-refractivity contribution in [3.8, 4) is 0 Å². The summed E-state index contributed by atoms with van der Waals surface area (Å²) < 4.78 is 5.49. The highest BCUT2D eigenvalue weighted by atomic mass is 16.5. The number of ether oxygens (including phenoxy) is 1. The van der Waals surface area contributed by atoms with Crippen LogP contribution in [0, 0.1) is 11.8 Å². The van der Waals surface area contributed by atoms with Crippen LogP contribution in [-0.4, -0.2) is 67.3 Å². The van der Waals surface area contributed by atoms with Crippen molar-refractivity contribution in [3.05, 3.63) is 0 Å². The summed E-state index contributed by atoms with van der Waals surface area (Å²) in [5.74, 6) is 1.67. The van der Waals surface area contributed by atoms with Crippen molar-refractivity contribution < 1.29 is 4.74 Å². The summed E-state index contributed by atoms with van der Waals surface area (Å²) in [5, 5.41) is 0. The molecule has 4 unspecified atom stereocenters. The van der Waals surface area contributed by atoms with Gasteiger partial charge < -0.3 is 10.5 Å². The normalized spacial score (nSPS) is 43.3. The topological polar surface area (TPSA) is 41.7 Å². The van der Waals surface area contributed by atoms with Crippen LogP contribution < -0.4 is 5.73 Å². The van der Waals surface area contributed by atoms with Gasteiger partial charge in [0.2, 0.25) is 0 Å². The van der Waals surface area contributed by atoms with Crippen LogP contribution in [0.4, 0.5) is 0 Å². The molecule has 1 aliphatic carbocycles. The second kappa shape index (κ2) is 6.53. The number of morpholine rings is 1. The third-order valence-corrected chi connectivity index (χ3v) is 6.51. The van der Waals surface area contributed by atoms with E-state index in [0.29, 0.717) is 0 Å². The van der Waals surface area contributed by atoms with Gasteiger partial charge in [-0.15, -0.1) is 0 Å². The number of likely N-dealkylation sites (tertiary alicyclic amines) is 1. The standard InChI is InChI=1S/C17H33N3O/c1-14-3-5-17(13-18,11-15(14)2)20-6-4-16(12-20)19-7-9-21-10-8-19/h14-16H,3-13,18H2,1-2H3. The van der Waals surface area contributed by atoms with Crippen molar-refractivity contribution in [2.45, 2.75) is 51.1 Å². The number of nitrogens with zero attached hydrogens (tertiary/aromatic N) is 2. The van der Waals surface area contributed by atoms with Crippen LogP contribution in [0.15, 0.2) is 0 Å². The van der Waals surface area contributed by atoms with E-state index >= 15 is 0 Å². The summed E-state index contributed by atoms with van der Waals surface area (Å²) in [5.41, 5.74) is 6.56. The summed E-state index contributed by atoms with van der Waals surface area (Å²) in [4.78, 5) is 5.39. The lowest BCUT2D eigenvalue weighted by molar-refractivity contribution is 0.00583. The van der Waals surface area contributed by atoms with E-state index in [-0.39, 0.29) is 5.54 Å². The van der Waals surface area contributed by atoms with Crippen molar-refractivity contribution in [2.24, 2.45) is 17.6 Å². The Kier molecular flexibility index (Phi) is 4.89. The minimum atomic E-state index is 0.285. The molecular formula is C17H33N3O. The Morgan fingerprint density at radius 2 is 1.86 bits per heavy atom. The molecule has 21 heavy (non-hydrogen) atoms. The molecule has 0 bridgehead atoms. The van der Waals surface area contributed by atoms with Crippen molar-refractivity contribution in [1.82, 2.24) is 9.80 Å². The Bertz CT molecular complexity index is 345. The zero-order valence-corrected chi connectivity index (χ0v) is 13.9. The Hall–Kier alpha value is -0.160. The van der Waals surface area contributed by atoms with Gasteiger partial charge in [0.15, 0.2) is 0 Å². The van der Waals surface area contributed by atoms with Crippen LogP contribution in [0.3, 0.4) is 0 Å². The van der Waals surface area contributed by atoms with Gasteiger partial charge in [-0.05, 0) is 37.5 Å². The predicted octanol–water partition coefficient (Wildman–Crippen LogP) is 1.55. The van der Waals surface area contributed by atoms with Crippen LogP contribution in [0.2, 0.25) is 0 Å². The first kappa shape index (κ1) is 15.7. The van der Waals surface area contributed by atoms with E-state index in [2.05, 4.69) is 23.6 Å². The zero-order valence-electron chi connectivity index (χ0n) is 13.9. The average Bonchev–Trinajstić information content (AvgIpc) is 3.02. The summed E-state index contributed by atoms with van der Waals surface area (Å²) in [6.45, 7) is 12.2. The van der Waals surface area contributed by atoms with Gasteiger partial charge in [-0.25, -0.2) is 0 Å². The predicted molar refractivity (Wildman–Crippen MR) is 86.3 cm³/mol. The number of rotatable bonds is 3. The Morgan fingerprint density at radius 3 is 2.52 bits per heavy atom. The van der Waals surface area contributed by atoms with E-state index < -0.39 is 0 Å². The molecule has 0 aromatic carbocycles. The molecule has 0 radical (unpaired) electrons. The average molecular weight is 295 g/mol. The molecule has 3 fully saturated rings. The first-order valence-electron chi connectivity index (χ1n) is 8.91. The maximum absolute atomic E-state index is 6.27. The number of nitrogens with two attached hydrogens (primary N) is 1. The SMILES string of the molecule is CC1CCC(CN)(N2CCC(N3CCOCC3)C2)CC1C. The molecule has 2 N–H and O–H groups in total. The van der Waals surface area contributed by atoms with Crippen LogP contribution in [-0.2, 0) is 4.74 Å². The maximum Gasteiger partial charge on any atom is 0.0594 e. The summed E-state index contributed by atoms with van der Waals surface area (Å²) in [6.07, 6.45) is 5.24. The molecule has 4 heteroatoms. The monoisotopic (exact) mass is 295 g/mol. The molecule has 2 saturated heterocycles. The first-order chi connectivity index (χ1) is 10.1. The molecule has 122 valence electrons. The lowest BCUT2D eigenvalue weighted by atomic mass is 9.70. The fourth-order valence-corrected chi connectivity index (χ4v) is 4.70. The zero-order chi connectivity index (χ0) is 14.9. The molecule has 0 aromatic heterocycles. The highest BCUT2D eigenvalue weighted by Gasteiger charge is 2.44. The highest BCUT2D eigenvalue weighted by Crippen LogP contribution is 2.41. The molecule has 1 saturated carbocycles. The molecule has 4 atom stereocenters. The van der Waals surface area contributed by atoms with Crippen molar-refractivity contribution in [1.29, 1.82) is 0 Å². The molecule has 4 nitrogen and oxygen atoms in total. The summed E-state index contributed by atoms with van der Waals surface area (Å²) >= 11 is 0. The molecule has 2 aliphatic heterocycles. The fourth-order valence-electron chi connectivity index (χ4n) is 4.70. The van der Waals surface area contributed by atoms with E-state index in [4.69, 9.17) is 10.5 Å².